The van der Waals surface area contributed by atoms with E-state index in [2.05, 4.69) is 31.9 Å². The van der Waals surface area contributed by atoms with Crippen LogP contribution in [0.3, 0.4) is 0 Å². The van der Waals surface area contributed by atoms with Gasteiger partial charge in [0.25, 0.3) is 0 Å². The van der Waals surface area contributed by atoms with Crippen LogP contribution in [0.5, 0.6) is 0 Å². The van der Waals surface area contributed by atoms with E-state index in [1.807, 2.05) is 0 Å². The van der Waals surface area contributed by atoms with Gasteiger partial charge in [0.15, 0.2) is 5.79 Å². The molecule has 56 heavy (non-hydrogen) atoms. The van der Waals surface area contributed by atoms with Gasteiger partial charge in [0, 0.05) is 77.8 Å². The Balaban J connectivity index is 0.920. The molecule has 0 radical (unpaired) electrons. The molecule has 12 bridgehead atoms. The lowest BCUT2D eigenvalue weighted by Crippen LogP contribution is -2.61. The Bertz CT molecular complexity index is 1510. The fraction of sp³-hybridized carbons (Fsp3) is 0.886. The summed E-state index contributed by atoms with van der Waals surface area (Å²) in [6, 6.07) is 0.584. The average Bonchev–Trinajstić information content (AvgIpc) is 3.37. The van der Waals surface area contributed by atoms with Gasteiger partial charge in [0.2, 0.25) is 0 Å². The van der Waals surface area contributed by atoms with Crippen molar-refractivity contribution in [2.75, 3.05) is 27.3 Å². The molecular formula is C44H65NO11. The first kappa shape index (κ1) is 38.9. The highest BCUT2D eigenvalue weighted by atomic mass is 16.8. The Morgan fingerprint density at radius 2 is 1.52 bits per heavy atom. The highest BCUT2D eigenvalue weighted by Crippen LogP contribution is 2.54. The third-order valence-corrected chi connectivity index (χ3v) is 15.5. The zero-order chi connectivity index (χ0) is 38.5. The highest BCUT2D eigenvalue weighted by Gasteiger charge is 2.68. The SMILES string of the molecule is C=C1C[C@@H]2CC[C@@]34C[C@H]5O[C@H]6[C@@H](O3)[C@H]3O[C@H](CC[C@@H]3O[C@H]6[C@H]5O4)CC(=O)C[C@@H]3[C@@H](OC)[C@@H](C[C@@H](CN4C[C@H]4C)OC)O[C@H]3C[C@H]3O[C@@H](CC[C@@H]1O2)C[C@@H](C)C3=C. The molecular weight excluding hydrogens is 718 g/mol. The maximum absolute atomic E-state index is 14.3. The van der Waals surface area contributed by atoms with Crippen molar-refractivity contribution in [2.24, 2.45) is 11.8 Å². The molecule has 11 heterocycles. The van der Waals surface area contributed by atoms with Crippen molar-refractivity contribution >= 4 is 5.78 Å². The smallest absolute Gasteiger partial charge is 0.172 e. The molecule has 11 aliphatic heterocycles. The number of ether oxygens (including phenoxy) is 10. The monoisotopic (exact) mass is 783 g/mol. The molecule has 0 aromatic rings. The number of ketones is 1. The van der Waals surface area contributed by atoms with Crippen LogP contribution in [0.15, 0.2) is 24.3 Å². The Kier molecular flexibility index (Phi) is 10.6. The summed E-state index contributed by atoms with van der Waals surface area (Å²) in [5.74, 6) is -0.428. The molecule has 11 saturated heterocycles. The highest BCUT2D eigenvalue weighted by molar-refractivity contribution is 5.79. The first-order chi connectivity index (χ1) is 27.1. The summed E-state index contributed by atoms with van der Waals surface area (Å²) >= 11 is 0. The first-order valence-corrected chi connectivity index (χ1v) is 22.0. The maximum atomic E-state index is 14.3. The molecule has 0 amide bonds. The van der Waals surface area contributed by atoms with Crippen molar-refractivity contribution in [1.29, 1.82) is 0 Å². The minimum Gasteiger partial charge on any atom is -0.380 e. The summed E-state index contributed by atoms with van der Waals surface area (Å²) in [5.41, 5.74) is 2.27. The van der Waals surface area contributed by atoms with Gasteiger partial charge in [-0.15, -0.1) is 0 Å². The minimum atomic E-state index is -0.767. The van der Waals surface area contributed by atoms with Crippen molar-refractivity contribution in [3.63, 3.8) is 0 Å². The normalized spacial score (nSPS) is 53.1. The molecule has 1 spiro atoms. The summed E-state index contributed by atoms with van der Waals surface area (Å²) in [4.78, 5) is 16.7. The second kappa shape index (κ2) is 15.3. The number of hydrogen-bond donors (Lipinski definition) is 0. The van der Waals surface area contributed by atoms with Crippen molar-refractivity contribution in [1.82, 2.24) is 4.90 Å². The standard InChI is InChI=1S/C44H65NO11/c1-22-13-27-7-9-32-23(2)14-29(49-32)11-12-44-19-37-40(55-44)41-42(54-37)43(56-44)39-33(53-41)10-8-28(51-39)15-26(46)16-31-35(18-34(50-27)25(22)4)52-36(38(31)48-6)17-30(47-5)21-45-20-24(45)3/h22,24,27-43H,2,4,7-21H2,1,3,5-6H3/t22-,24-,27+,28-,29+,30+,31+,32+,33+,34-,35+,36-,37-,38-,39+,40+,41+,42-,43+,44+,45?/m1/s1. The fourth-order valence-corrected chi connectivity index (χ4v) is 12.2. The summed E-state index contributed by atoms with van der Waals surface area (Å²) in [6.45, 7) is 15.5. The van der Waals surface area contributed by atoms with Crippen LogP contribution in [-0.2, 0) is 52.2 Å². The summed E-state index contributed by atoms with van der Waals surface area (Å²) < 4.78 is 67.0. The molecule has 0 aliphatic carbocycles. The van der Waals surface area contributed by atoms with Gasteiger partial charge in [-0.25, -0.2) is 0 Å². The largest absolute Gasteiger partial charge is 0.380 e. The molecule has 0 aromatic carbocycles. The van der Waals surface area contributed by atoms with E-state index < -0.39 is 5.79 Å². The quantitative estimate of drug-likeness (QED) is 0.272. The number of Topliss-reactive ketones (excluding diaryl/α,β-unsaturated/α-hetero) is 1. The van der Waals surface area contributed by atoms with Crippen molar-refractivity contribution in [3.8, 4) is 0 Å². The van der Waals surface area contributed by atoms with Gasteiger partial charge in [0.1, 0.15) is 36.3 Å². The van der Waals surface area contributed by atoms with Crippen LogP contribution in [0, 0.1) is 11.8 Å². The van der Waals surface area contributed by atoms with Gasteiger partial charge in [-0.1, -0.05) is 20.1 Å². The summed E-state index contributed by atoms with van der Waals surface area (Å²) in [6.07, 6.45) is 6.99. The number of carbonyl (C=O) groups excluding carboxylic acids is 1. The van der Waals surface area contributed by atoms with Crippen LogP contribution in [0.25, 0.3) is 0 Å². The van der Waals surface area contributed by atoms with Crippen molar-refractivity contribution in [2.45, 2.75) is 207 Å². The fourth-order valence-electron chi connectivity index (χ4n) is 12.2. The number of methoxy groups -OCH3 is 2. The lowest BCUT2D eigenvalue weighted by atomic mass is 9.81. The predicted octanol–water partition coefficient (Wildman–Crippen LogP) is 4.84. The average molecular weight is 784 g/mol. The molecule has 0 N–H and O–H groups in total. The Morgan fingerprint density at radius 1 is 0.768 bits per heavy atom. The zero-order valence-corrected chi connectivity index (χ0v) is 33.9. The second-order valence-corrected chi connectivity index (χ2v) is 19.2. The molecule has 21 atom stereocenters. The molecule has 11 aliphatic rings. The predicted molar refractivity (Wildman–Crippen MR) is 203 cm³/mol. The molecule has 11 rings (SSSR count). The van der Waals surface area contributed by atoms with E-state index in [0.717, 1.165) is 69.2 Å². The van der Waals surface area contributed by atoms with Gasteiger partial charge >= 0.3 is 0 Å². The third kappa shape index (κ3) is 7.22. The maximum Gasteiger partial charge on any atom is 0.172 e. The lowest BCUT2D eigenvalue weighted by molar-refractivity contribution is -0.292. The van der Waals surface area contributed by atoms with Gasteiger partial charge in [-0.05, 0) is 68.9 Å². The summed E-state index contributed by atoms with van der Waals surface area (Å²) in [5, 5.41) is 0. The first-order valence-electron chi connectivity index (χ1n) is 22.0. The van der Waals surface area contributed by atoms with Crippen LogP contribution < -0.4 is 0 Å². The van der Waals surface area contributed by atoms with E-state index >= 15 is 0 Å². The van der Waals surface area contributed by atoms with E-state index in [1.165, 1.54) is 0 Å². The molecule has 312 valence electrons. The van der Waals surface area contributed by atoms with E-state index in [-0.39, 0.29) is 109 Å². The number of hydrogen-bond acceptors (Lipinski definition) is 12. The van der Waals surface area contributed by atoms with Crippen LogP contribution in [0.4, 0.5) is 0 Å². The van der Waals surface area contributed by atoms with Gasteiger partial charge in [0.05, 0.1) is 67.1 Å². The van der Waals surface area contributed by atoms with Crippen molar-refractivity contribution in [3.05, 3.63) is 24.3 Å². The zero-order valence-electron chi connectivity index (χ0n) is 33.9. The van der Waals surface area contributed by atoms with Crippen LogP contribution in [0.2, 0.25) is 0 Å². The van der Waals surface area contributed by atoms with Crippen molar-refractivity contribution < 1.29 is 52.2 Å². The number of fused-ring (bicyclic) bond motifs is 6. The Morgan fingerprint density at radius 3 is 2.32 bits per heavy atom. The van der Waals surface area contributed by atoms with E-state index in [9.17, 15) is 4.79 Å². The van der Waals surface area contributed by atoms with Crippen LogP contribution in [0.1, 0.15) is 97.3 Å². The van der Waals surface area contributed by atoms with E-state index in [0.29, 0.717) is 50.5 Å². The van der Waals surface area contributed by atoms with E-state index in [1.54, 1.807) is 14.2 Å². The molecule has 0 aromatic heterocycles. The number of nitrogens with zero attached hydrogens (tertiary/aromatic N) is 1. The minimum absolute atomic E-state index is 0.00249. The lowest BCUT2D eigenvalue weighted by Gasteiger charge is -2.47. The van der Waals surface area contributed by atoms with Gasteiger partial charge < -0.3 is 47.4 Å². The van der Waals surface area contributed by atoms with Crippen LogP contribution in [-0.4, -0.2) is 147 Å². The second-order valence-electron chi connectivity index (χ2n) is 19.2. The molecule has 1 unspecified atom stereocenters. The van der Waals surface area contributed by atoms with E-state index in [4.69, 9.17) is 47.4 Å². The topological polar surface area (TPSA) is 112 Å². The molecule has 12 heteroatoms. The van der Waals surface area contributed by atoms with Gasteiger partial charge in [-0.3, -0.25) is 9.69 Å². The Hall–Kier alpha value is -1.29. The number of carbonyl (C=O) groups is 1. The van der Waals surface area contributed by atoms with Crippen LogP contribution >= 0.6 is 0 Å². The number of rotatable bonds is 6. The van der Waals surface area contributed by atoms with Gasteiger partial charge in [-0.2, -0.15) is 0 Å². The molecule has 0 saturated carbocycles. The summed E-state index contributed by atoms with van der Waals surface area (Å²) in [7, 11) is 3.54. The Labute approximate surface area is 332 Å². The molecule has 11 fully saturated rings. The molecule has 12 nitrogen and oxygen atoms in total. The third-order valence-electron chi connectivity index (χ3n) is 15.5.